The van der Waals surface area contributed by atoms with Crippen molar-refractivity contribution in [1.29, 1.82) is 0 Å². The second-order valence-electron chi connectivity index (χ2n) is 3.98. The van der Waals surface area contributed by atoms with E-state index < -0.39 is 28.4 Å². The van der Waals surface area contributed by atoms with Crippen molar-refractivity contribution >= 4 is 33.0 Å². The van der Waals surface area contributed by atoms with Crippen LogP contribution >= 0.6 is 22.9 Å². The van der Waals surface area contributed by atoms with Crippen LogP contribution in [0.25, 0.3) is 0 Å². The van der Waals surface area contributed by atoms with Gasteiger partial charge in [0.25, 0.3) is 0 Å². The van der Waals surface area contributed by atoms with E-state index in [1.807, 2.05) is 0 Å². The van der Waals surface area contributed by atoms with Gasteiger partial charge in [-0.2, -0.15) is 0 Å². The molecule has 0 aromatic carbocycles. The second-order valence-corrected chi connectivity index (χ2v) is 7.63. The summed E-state index contributed by atoms with van der Waals surface area (Å²) in [7, 11) is -3.72. The van der Waals surface area contributed by atoms with E-state index in [1.54, 1.807) is 0 Å². The van der Waals surface area contributed by atoms with Gasteiger partial charge in [0.1, 0.15) is 4.21 Å². The number of alkyl halides is 2. The first-order chi connectivity index (χ1) is 7.78. The third kappa shape index (κ3) is 3.15. The fourth-order valence-electron chi connectivity index (χ4n) is 1.77. The molecule has 1 heterocycles. The lowest BCUT2D eigenvalue weighted by Gasteiger charge is -2.12. The van der Waals surface area contributed by atoms with Crippen LogP contribution in [-0.4, -0.2) is 20.4 Å². The third-order valence-corrected chi connectivity index (χ3v) is 5.78. The maximum atomic E-state index is 12.9. The molecule has 1 aliphatic carbocycles. The Hall–Kier alpha value is -0.240. The molecule has 8 heteroatoms. The second kappa shape index (κ2) is 4.46. The van der Waals surface area contributed by atoms with E-state index in [0.29, 0.717) is 4.34 Å². The van der Waals surface area contributed by atoms with Crippen molar-refractivity contribution in [1.82, 2.24) is 4.72 Å². The summed E-state index contributed by atoms with van der Waals surface area (Å²) >= 11 is 6.54. The van der Waals surface area contributed by atoms with Crippen molar-refractivity contribution in [3.05, 3.63) is 16.5 Å². The first-order valence-electron chi connectivity index (χ1n) is 4.94. The minimum atomic E-state index is -3.72. The summed E-state index contributed by atoms with van der Waals surface area (Å²) in [6, 6.07) is 2.13. The molecule has 1 atom stereocenters. The average Bonchev–Trinajstić information content (AvgIpc) is 2.72. The molecule has 0 amide bonds. The Bertz CT molecular complexity index is 515. The normalized spacial score (nSPS) is 24.1. The van der Waals surface area contributed by atoms with Crippen LogP contribution in [0.4, 0.5) is 8.78 Å². The van der Waals surface area contributed by atoms with E-state index in [4.69, 9.17) is 11.6 Å². The zero-order chi connectivity index (χ0) is 12.7. The van der Waals surface area contributed by atoms with Crippen LogP contribution in [0.15, 0.2) is 16.3 Å². The van der Waals surface area contributed by atoms with Gasteiger partial charge in [-0.15, -0.1) is 11.3 Å². The molecule has 1 saturated carbocycles. The highest BCUT2D eigenvalue weighted by Gasteiger charge is 2.41. The molecule has 1 N–H and O–H groups in total. The lowest BCUT2D eigenvalue weighted by molar-refractivity contribution is 0.00761. The van der Waals surface area contributed by atoms with Crippen molar-refractivity contribution in [2.75, 3.05) is 0 Å². The molecule has 0 bridgehead atoms. The highest BCUT2D eigenvalue weighted by atomic mass is 35.5. The van der Waals surface area contributed by atoms with Gasteiger partial charge in [-0.1, -0.05) is 11.6 Å². The number of hydrogen-bond acceptors (Lipinski definition) is 3. The largest absolute Gasteiger partial charge is 0.250 e. The van der Waals surface area contributed by atoms with Gasteiger partial charge in [0.05, 0.1) is 4.34 Å². The lowest BCUT2D eigenvalue weighted by Crippen LogP contribution is -2.33. The highest BCUT2D eigenvalue weighted by molar-refractivity contribution is 7.91. The smallest absolute Gasteiger partial charge is 0.207 e. The van der Waals surface area contributed by atoms with Crippen molar-refractivity contribution in [3.8, 4) is 0 Å². The van der Waals surface area contributed by atoms with Crippen molar-refractivity contribution in [2.45, 2.75) is 35.4 Å². The molecule has 1 aromatic heterocycles. The number of thiophene rings is 1. The molecular formula is C9H10ClF2NO2S2. The summed E-state index contributed by atoms with van der Waals surface area (Å²) < 4.78 is 52.1. The Morgan fingerprint density at radius 2 is 2.18 bits per heavy atom. The Morgan fingerprint density at radius 1 is 1.47 bits per heavy atom. The monoisotopic (exact) mass is 301 g/mol. The van der Waals surface area contributed by atoms with Crippen LogP contribution < -0.4 is 4.72 Å². The molecule has 2 rings (SSSR count). The van der Waals surface area contributed by atoms with Gasteiger partial charge in [0, 0.05) is 18.9 Å². The summed E-state index contributed by atoms with van der Waals surface area (Å²) in [5.74, 6) is -2.76. The number of rotatable bonds is 3. The van der Waals surface area contributed by atoms with E-state index in [2.05, 4.69) is 4.72 Å². The van der Waals surface area contributed by atoms with Crippen LogP contribution in [0.2, 0.25) is 4.34 Å². The minimum absolute atomic E-state index is 0.0534. The van der Waals surface area contributed by atoms with Gasteiger partial charge in [0.2, 0.25) is 15.9 Å². The van der Waals surface area contributed by atoms with Crippen LogP contribution in [0, 0.1) is 0 Å². The third-order valence-electron chi connectivity index (χ3n) is 2.54. The SMILES string of the molecule is O=S(=O)(NC1CCC(F)(F)C1)c1ccc(Cl)s1. The molecule has 17 heavy (non-hydrogen) atoms. The minimum Gasteiger partial charge on any atom is -0.207 e. The zero-order valence-electron chi connectivity index (χ0n) is 8.62. The molecule has 1 unspecified atom stereocenters. The van der Waals surface area contributed by atoms with Gasteiger partial charge in [-0.05, 0) is 18.6 Å². The Kier molecular flexibility index (Phi) is 3.46. The van der Waals surface area contributed by atoms with Crippen LogP contribution in [0.5, 0.6) is 0 Å². The Morgan fingerprint density at radius 3 is 2.65 bits per heavy atom. The van der Waals surface area contributed by atoms with Crippen LogP contribution in [0.3, 0.4) is 0 Å². The fourth-order valence-corrected chi connectivity index (χ4v) is 4.54. The van der Waals surface area contributed by atoms with Crippen molar-refractivity contribution in [3.63, 3.8) is 0 Å². The van der Waals surface area contributed by atoms with E-state index in [-0.39, 0.29) is 17.1 Å². The van der Waals surface area contributed by atoms with E-state index in [1.165, 1.54) is 12.1 Å². The van der Waals surface area contributed by atoms with Gasteiger partial charge >= 0.3 is 0 Å². The van der Waals surface area contributed by atoms with Crippen molar-refractivity contribution < 1.29 is 17.2 Å². The van der Waals surface area contributed by atoms with E-state index >= 15 is 0 Å². The van der Waals surface area contributed by atoms with Gasteiger partial charge in [-0.3, -0.25) is 0 Å². The maximum absolute atomic E-state index is 12.9. The molecule has 0 spiro atoms. The predicted octanol–water partition coefficient (Wildman–Crippen LogP) is 2.87. The standard InChI is InChI=1S/C9H10ClF2NO2S2/c10-7-1-2-8(16-7)17(14,15)13-6-3-4-9(11,12)5-6/h1-2,6,13H,3-5H2. The molecular weight excluding hydrogens is 292 g/mol. The van der Waals surface area contributed by atoms with Gasteiger partial charge in [-0.25, -0.2) is 21.9 Å². The molecule has 1 aromatic rings. The number of halogens is 3. The highest BCUT2D eigenvalue weighted by Crippen LogP contribution is 2.35. The molecule has 0 aliphatic heterocycles. The predicted molar refractivity (Wildman–Crippen MR) is 62.2 cm³/mol. The Labute approximate surface area is 107 Å². The van der Waals surface area contributed by atoms with Gasteiger partial charge < -0.3 is 0 Å². The maximum Gasteiger partial charge on any atom is 0.250 e. The summed E-state index contributed by atoms with van der Waals surface area (Å²) in [4.78, 5) is 0. The number of nitrogens with one attached hydrogen (secondary N) is 1. The molecule has 3 nitrogen and oxygen atoms in total. The first-order valence-corrected chi connectivity index (χ1v) is 7.62. The summed E-state index contributed by atoms with van der Waals surface area (Å²) in [6.07, 6.45) is -0.554. The van der Waals surface area contributed by atoms with Crippen molar-refractivity contribution in [2.24, 2.45) is 0 Å². The zero-order valence-corrected chi connectivity index (χ0v) is 11.0. The lowest BCUT2D eigenvalue weighted by atomic mass is 10.3. The summed E-state index contributed by atoms with van der Waals surface area (Å²) in [6.45, 7) is 0. The number of sulfonamides is 1. The molecule has 1 fully saturated rings. The van der Waals surface area contributed by atoms with Gasteiger partial charge in [0.15, 0.2) is 0 Å². The van der Waals surface area contributed by atoms with E-state index in [0.717, 1.165) is 11.3 Å². The summed E-state index contributed by atoms with van der Waals surface area (Å²) in [5, 5.41) is 0. The quantitative estimate of drug-likeness (QED) is 0.933. The van der Waals surface area contributed by atoms with Crippen LogP contribution in [-0.2, 0) is 10.0 Å². The van der Waals surface area contributed by atoms with E-state index in [9.17, 15) is 17.2 Å². The van der Waals surface area contributed by atoms with Crippen LogP contribution in [0.1, 0.15) is 19.3 Å². The topological polar surface area (TPSA) is 46.2 Å². The molecule has 1 aliphatic rings. The first kappa shape index (κ1) is 13.2. The molecule has 0 saturated heterocycles. The number of hydrogen-bond donors (Lipinski definition) is 1. The summed E-state index contributed by atoms with van der Waals surface area (Å²) in [5.41, 5.74) is 0. The molecule has 96 valence electrons. The Balaban J connectivity index is 2.09. The average molecular weight is 302 g/mol. The fraction of sp³-hybridized carbons (Fsp3) is 0.556. The molecule has 0 radical (unpaired) electrons.